The second-order valence-corrected chi connectivity index (χ2v) is 10.5. The van der Waals surface area contributed by atoms with Crippen LogP contribution in [0.3, 0.4) is 0 Å². The molecule has 0 saturated carbocycles. The van der Waals surface area contributed by atoms with E-state index in [9.17, 15) is 13.2 Å². The summed E-state index contributed by atoms with van der Waals surface area (Å²) in [6, 6.07) is 15.2. The normalized spacial score (nSPS) is 11.8. The SMILES string of the molecule is CCOc1ccc(CCCNC(=O)CN(c2ccc(C(C)(C)C)cc2)S(C)(=O)=O)cc1. The minimum atomic E-state index is -3.58. The van der Waals surface area contributed by atoms with E-state index >= 15 is 0 Å². The molecule has 0 spiro atoms. The van der Waals surface area contributed by atoms with Gasteiger partial charge in [-0.15, -0.1) is 0 Å². The van der Waals surface area contributed by atoms with E-state index in [1.807, 2.05) is 43.3 Å². The highest BCUT2D eigenvalue weighted by Gasteiger charge is 2.21. The molecule has 0 atom stereocenters. The monoisotopic (exact) mass is 446 g/mol. The van der Waals surface area contributed by atoms with Crippen molar-refractivity contribution in [2.24, 2.45) is 0 Å². The maximum absolute atomic E-state index is 12.4. The molecule has 0 aliphatic heterocycles. The Balaban J connectivity index is 1.90. The first-order valence-corrected chi connectivity index (χ1v) is 12.4. The van der Waals surface area contributed by atoms with Crippen LogP contribution in [0.15, 0.2) is 48.5 Å². The zero-order valence-electron chi connectivity index (χ0n) is 19.1. The second kappa shape index (κ2) is 10.7. The summed E-state index contributed by atoms with van der Waals surface area (Å²) in [5.41, 5.74) is 2.72. The van der Waals surface area contributed by atoms with Crippen LogP contribution in [0.1, 0.15) is 45.2 Å². The summed E-state index contributed by atoms with van der Waals surface area (Å²) in [7, 11) is -3.58. The van der Waals surface area contributed by atoms with Gasteiger partial charge in [-0.3, -0.25) is 9.10 Å². The van der Waals surface area contributed by atoms with Crippen LogP contribution in [-0.2, 0) is 26.7 Å². The maximum Gasteiger partial charge on any atom is 0.240 e. The van der Waals surface area contributed by atoms with Crippen molar-refractivity contribution < 1.29 is 17.9 Å². The standard InChI is InChI=1S/C24H34N2O4S/c1-6-30-22-15-9-19(10-16-22)8-7-17-25-23(27)18-26(31(5,28)29)21-13-11-20(12-14-21)24(2,3)4/h9-16H,6-8,17-18H2,1-5H3,(H,25,27). The highest BCUT2D eigenvalue weighted by molar-refractivity contribution is 7.92. The Bertz CT molecular complexity index is 947. The molecule has 0 aliphatic carbocycles. The quantitative estimate of drug-likeness (QED) is 0.562. The molecule has 0 saturated heterocycles. The summed E-state index contributed by atoms with van der Waals surface area (Å²) in [5, 5.41) is 2.82. The molecule has 7 heteroatoms. The summed E-state index contributed by atoms with van der Waals surface area (Å²) in [6.45, 7) is 9.10. The molecule has 0 fully saturated rings. The van der Waals surface area contributed by atoms with Gasteiger partial charge in [0.1, 0.15) is 12.3 Å². The summed E-state index contributed by atoms with van der Waals surface area (Å²) >= 11 is 0. The van der Waals surface area contributed by atoms with Gasteiger partial charge in [-0.2, -0.15) is 0 Å². The molecule has 2 aromatic rings. The van der Waals surface area contributed by atoms with Crippen molar-refractivity contribution in [3.05, 3.63) is 59.7 Å². The molecule has 2 rings (SSSR count). The van der Waals surface area contributed by atoms with Gasteiger partial charge in [0.2, 0.25) is 15.9 Å². The number of hydrogen-bond donors (Lipinski definition) is 1. The van der Waals surface area contributed by atoms with Crippen molar-refractivity contribution in [3.63, 3.8) is 0 Å². The van der Waals surface area contributed by atoms with Gasteiger partial charge in [0, 0.05) is 6.54 Å². The number of nitrogens with one attached hydrogen (secondary N) is 1. The molecular formula is C24H34N2O4S. The third-order valence-corrected chi connectivity index (χ3v) is 6.05. The number of amides is 1. The number of nitrogens with zero attached hydrogens (tertiary/aromatic N) is 1. The number of anilines is 1. The van der Waals surface area contributed by atoms with Crippen LogP contribution >= 0.6 is 0 Å². The van der Waals surface area contributed by atoms with Gasteiger partial charge in [0.25, 0.3) is 0 Å². The Morgan fingerprint density at radius 3 is 2.16 bits per heavy atom. The number of hydrogen-bond acceptors (Lipinski definition) is 4. The van der Waals surface area contributed by atoms with Crippen molar-refractivity contribution in [2.45, 2.75) is 46.0 Å². The van der Waals surface area contributed by atoms with E-state index in [2.05, 4.69) is 26.1 Å². The third-order valence-electron chi connectivity index (χ3n) is 4.91. The van der Waals surface area contributed by atoms with Gasteiger partial charge in [0.15, 0.2) is 0 Å². The lowest BCUT2D eigenvalue weighted by Crippen LogP contribution is -2.40. The molecule has 0 aromatic heterocycles. The Labute approximate surface area is 186 Å². The first-order chi connectivity index (χ1) is 14.5. The van der Waals surface area contributed by atoms with Crippen molar-refractivity contribution in [2.75, 3.05) is 30.3 Å². The van der Waals surface area contributed by atoms with Gasteiger partial charge in [-0.25, -0.2) is 8.42 Å². The molecule has 0 unspecified atom stereocenters. The lowest BCUT2D eigenvalue weighted by molar-refractivity contribution is -0.119. The van der Waals surface area contributed by atoms with Gasteiger partial charge >= 0.3 is 0 Å². The zero-order valence-corrected chi connectivity index (χ0v) is 20.0. The summed E-state index contributed by atoms with van der Waals surface area (Å²) < 4.78 is 31.1. The Hall–Kier alpha value is -2.54. The fourth-order valence-corrected chi connectivity index (χ4v) is 4.01. The molecule has 1 N–H and O–H groups in total. The Kier molecular flexibility index (Phi) is 8.51. The predicted octanol–water partition coefficient (Wildman–Crippen LogP) is 3.90. The smallest absolute Gasteiger partial charge is 0.240 e. The average molecular weight is 447 g/mol. The largest absolute Gasteiger partial charge is 0.494 e. The first kappa shape index (κ1) is 24.7. The van der Waals surface area contributed by atoms with E-state index in [0.29, 0.717) is 18.8 Å². The van der Waals surface area contributed by atoms with Gasteiger partial charge in [0.05, 0.1) is 18.6 Å². The summed E-state index contributed by atoms with van der Waals surface area (Å²) in [5.74, 6) is 0.521. The van der Waals surface area contributed by atoms with Crippen LogP contribution in [0.5, 0.6) is 5.75 Å². The van der Waals surface area contributed by atoms with Gasteiger partial charge in [-0.05, 0) is 60.6 Å². The molecule has 0 bridgehead atoms. The Morgan fingerprint density at radius 1 is 1.03 bits per heavy atom. The molecule has 31 heavy (non-hydrogen) atoms. The van der Waals surface area contributed by atoms with Crippen LogP contribution in [0, 0.1) is 0 Å². The molecule has 0 aliphatic rings. The van der Waals surface area contributed by atoms with Crippen LogP contribution in [0.2, 0.25) is 0 Å². The van der Waals surface area contributed by atoms with Crippen LogP contribution in [0.25, 0.3) is 0 Å². The van der Waals surface area contributed by atoms with Gasteiger partial charge < -0.3 is 10.1 Å². The van der Waals surface area contributed by atoms with Crippen molar-refractivity contribution in [1.82, 2.24) is 5.32 Å². The molecule has 170 valence electrons. The topological polar surface area (TPSA) is 75.7 Å². The van der Waals surface area contributed by atoms with E-state index in [4.69, 9.17) is 4.74 Å². The van der Waals surface area contributed by atoms with Crippen molar-refractivity contribution in [1.29, 1.82) is 0 Å². The zero-order chi connectivity index (χ0) is 23.1. The van der Waals surface area contributed by atoms with Crippen molar-refractivity contribution >= 4 is 21.6 Å². The van der Waals surface area contributed by atoms with Gasteiger partial charge in [-0.1, -0.05) is 45.0 Å². The Morgan fingerprint density at radius 2 is 1.65 bits per heavy atom. The van der Waals surface area contributed by atoms with Crippen LogP contribution in [0.4, 0.5) is 5.69 Å². The second-order valence-electron chi connectivity index (χ2n) is 8.60. The number of ether oxygens (including phenoxy) is 1. The van der Waals surface area contributed by atoms with Crippen LogP contribution < -0.4 is 14.4 Å². The van der Waals surface area contributed by atoms with E-state index in [-0.39, 0.29) is 17.9 Å². The molecule has 1 amide bonds. The fraction of sp³-hybridized carbons (Fsp3) is 0.458. The number of carbonyl (C=O) groups is 1. The lowest BCUT2D eigenvalue weighted by Gasteiger charge is -2.24. The lowest BCUT2D eigenvalue weighted by atomic mass is 9.87. The van der Waals surface area contributed by atoms with E-state index in [1.54, 1.807) is 12.1 Å². The average Bonchev–Trinajstić information content (AvgIpc) is 2.69. The van der Waals surface area contributed by atoms with Crippen LogP contribution in [-0.4, -0.2) is 40.3 Å². The highest BCUT2D eigenvalue weighted by atomic mass is 32.2. The molecule has 0 heterocycles. The molecule has 0 radical (unpaired) electrons. The predicted molar refractivity (Wildman–Crippen MR) is 126 cm³/mol. The third kappa shape index (κ3) is 7.90. The highest BCUT2D eigenvalue weighted by Crippen LogP contribution is 2.25. The number of carbonyl (C=O) groups excluding carboxylic acids is 1. The number of aryl methyl sites for hydroxylation is 1. The first-order valence-electron chi connectivity index (χ1n) is 10.6. The molecular weight excluding hydrogens is 412 g/mol. The van der Waals surface area contributed by atoms with E-state index < -0.39 is 10.0 Å². The summed E-state index contributed by atoms with van der Waals surface area (Å²) in [4.78, 5) is 12.4. The minimum absolute atomic E-state index is 0.0326. The van der Waals surface area contributed by atoms with E-state index in [0.717, 1.165) is 40.3 Å². The maximum atomic E-state index is 12.4. The minimum Gasteiger partial charge on any atom is -0.494 e. The molecule has 2 aromatic carbocycles. The molecule has 6 nitrogen and oxygen atoms in total. The number of sulfonamides is 1. The number of rotatable bonds is 10. The summed E-state index contributed by atoms with van der Waals surface area (Å²) in [6.07, 6.45) is 2.69. The van der Waals surface area contributed by atoms with E-state index in [1.165, 1.54) is 0 Å². The number of benzene rings is 2. The van der Waals surface area contributed by atoms with Crippen molar-refractivity contribution in [3.8, 4) is 5.75 Å². The fourth-order valence-electron chi connectivity index (χ4n) is 3.15.